The fourth-order valence-electron chi connectivity index (χ4n) is 5.66. The minimum atomic E-state index is -1.88. The normalized spacial score (nSPS) is 18.6. The summed E-state index contributed by atoms with van der Waals surface area (Å²) in [6.07, 6.45) is 5.09. The summed E-state index contributed by atoms with van der Waals surface area (Å²) in [4.78, 5) is 34.6. The number of piperidine rings is 1. The third-order valence-corrected chi connectivity index (χ3v) is 9.34. The second kappa shape index (κ2) is 12.3. The Hall–Kier alpha value is -4.00. The zero-order chi connectivity index (χ0) is 30.1. The maximum Gasteiger partial charge on any atom is 0.202 e. The SMILES string of the molecule is COc1ccc(N[S+]([O-])N2CCC(F)C2)c(F)c1C(=O)c1c[nH]c2ncc(-c3ccc(N4CCC(C=O)CC4)cc3)cc12. The first kappa shape index (κ1) is 29.1. The number of rotatable bonds is 9. The number of carbonyl (C=O) groups is 2. The van der Waals surface area contributed by atoms with Gasteiger partial charge in [0, 0.05) is 60.1 Å². The lowest BCUT2D eigenvalue weighted by atomic mass is 9.97. The average Bonchev–Trinajstić information content (AvgIpc) is 3.67. The van der Waals surface area contributed by atoms with Crippen molar-refractivity contribution in [3.63, 3.8) is 0 Å². The summed E-state index contributed by atoms with van der Waals surface area (Å²) in [6, 6.07) is 12.6. The molecule has 0 saturated carbocycles. The molecule has 43 heavy (non-hydrogen) atoms. The van der Waals surface area contributed by atoms with Crippen molar-refractivity contribution in [1.82, 2.24) is 14.3 Å². The smallest absolute Gasteiger partial charge is 0.202 e. The minimum Gasteiger partial charge on any atom is -0.573 e. The molecule has 2 unspecified atom stereocenters. The average molecular weight is 608 g/mol. The van der Waals surface area contributed by atoms with Crippen molar-refractivity contribution in [2.45, 2.75) is 25.4 Å². The molecule has 0 bridgehead atoms. The lowest BCUT2D eigenvalue weighted by Gasteiger charge is -2.31. The van der Waals surface area contributed by atoms with Crippen molar-refractivity contribution in [1.29, 1.82) is 0 Å². The first-order valence-electron chi connectivity index (χ1n) is 14.1. The molecule has 12 heteroatoms. The molecule has 2 saturated heterocycles. The van der Waals surface area contributed by atoms with E-state index in [0.717, 1.165) is 49.0 Å². The summed E-state index contributed by atoms with van der Waals surface area (Å²) in [6.45, 7) is 1.91. The maximum atomic E-state index is 15.8. The molecular formula is C31H31F2N5O4S. The van der Waals surface area contributed by atoms with Crippen LogP contribution < -0.4 is 14.4 Å². The van der Waals surface area contributed by atoms with Gasteiger partial charge in [0.1, 0.15) is 35.1 Å². The number of hydrogen-bond donors (Lipinski definition) is 2. The van der Waals surface area contributed by atoms with Crippen LogP contribution in [0.25, 0.3) is 22.2 Å². The van der Waals surface area contributed by atoms with Gasteiger partial charge in [-0.1, -0.05) is 12.1 Å². The van der Waals surface area contributed by atoms with E-state index >= 15 is 4.39 Å². The molecule has 2 atom stereocenters. The molecule has 2 fully saturated rings. The standard InChI is InChI=1S/C31H31F2N5O4S/c1-42-27-7-6-26(36-43(41)38-13-10-22(32)17-38)29(33)28(27)30(40)25-16-35-31-24(25)14-21(15-34-31)20-2-4-23(5-3-20)37-11-8-19(18-39)9-12-37/h2-7,14-16,18-19,22,36H,8-13,17H2,1H3,(H,34,35). The quantitative estimate of drug-likeness (QED) is 0.154. The molecule has 2 aliphatic rings. The molecule has 2 N–H and O–H groups in total. The van der Waals surface area contributed by atoms with E-state index < -0.39 is 29.3 Å². The number of alkyl halides is 1. The largest absolute Gasteiger partial charge is 0.573 e. The zero-order valence-corrected chi connectivity index (χ0v) is 24.3. The number of pyridine rings is 1. The van der Waals surface area contributed by atoms with Crippen molar-refractivity contribution in [3.05, 3.63) is 71.8 Å². The fourth-order valence-corrected chi connectivity index (χ4v) is 6.70. The number of fused-ring (bicyclic) bond motifs is 1. The number of nitrogens with zero attached hydrogens (tertiary/aromatic N) is 3. The highest BCUT2D eigenvalue weighted by molar-refractivity contribution is 7.90. The van der Waals surface area contributed by atoms with Crippen LogP contribution in [0.2, 0.25) is 0 Å². The van der Waals surface area contributed by atoms with Gasteiger partial charge in [0.25, 0.3) is 0 Å². The summed E-state index contributed by atoms with van der Waals surface area (Å²) in [7, 11) is 1.34. The van der Waals surface area contributed by atoms with Crippen LogP contribution >= 0.6 is 0 Å². The van der Waals surface area contributed by atoms with Gasteiger partial charge in [0.15, 0.2) is 17.4 Å². The van der Waals surface area contributed by atoms with E-state index in [2.05, 4.69) is 19.6 Å². The lowest BCUT2D eigenvalue weighted by Crippen LogP contribution is -2.34. The van der Waals surface area contributed by atoms with Gasteiger partial charge in [-0.15, -0.1) is 4.31 Å². The van der Waals surface area contributed by atoms with E-state index in [4.69, 9.17) is 4.74 Å². The van der Waals surface area contributed by atoms with Crippen LogP contribution in [-0.4, -0.2) is 70.4 Å². The lowest BCUT2D eigenvalue weighted by molar-refractivity contribution is -0.111. The Morgan fingerprint density at radius 1 is 1.14 bits per heavy atom. The van der Waals surface area contributed by atoms with Gasteiger partial charge >= 0.3 is 0 Å². The van der Waals surface area contributed by atoms with E-state index in [1.807, 2.05) is 30.3 Å². The summed E-state index contributed by atoms with van der Waals surface area (Å²) in [5, 5.41) is 0.511. The molecule has 6 rings (SSSR count). The molecule has 2 aromatic carbocycles. The van der Waals surface area contributed by atoms with Crippen molar-refractivity contribution in [2.24, 2.45) is 5.92 Å². The van der Waals surface area contributed by atoms with Gasteiger partial charge in [-0.3, -0.25) is 4.79 Å². The molecule has 2 aliphatic heterocycles. The number of benzene rings is 2. The zero-order valence-electron chi connectivity index (χ0n) is 23.5. The van der Waals surface area contributed by atoms with Gasteiger partial charge in [-0.05, 0) is 55.2 Å². The first-order valence-corrected chi connectivity index (χ1v) is 15.2. The number of aromatic nitrogens is 2. The predicted molar refractivity (Wildman–Crippen MR) is 162 cm³/mol. The van der Waals surface area contributed by atoms with Crippen LogP contribution in [0, 0.1) is 11.7 Å². The van der Waals surface area contributed by atoms with Crippen molar-refractivity contribution < 1.29 is 27.7 Å². The topological polar surface area (TPSA) is 114 Å². The number of aldehydes is 1. The van der Waals surface area contributed by atoms with Gasteiger partial charge in [-0.25, -0.2) is 13.8 Å². The Labute approximate surface area is 250 Å². The second-order valence-electron chi connectivity index (χ2n) is 10.8. The third-order valence-electron chi connectivity index (χ3n) is 8.15. The third kappa shape index (κ3) is 5.82. The molecule has 4 heterocycles. The number of halogens is 2. The van der Waals surface area contributed by atoms with Crippen LogP contribution in [0.4, 0.5) is 20.2 Å². The molecule has 0 aliphatic carbocycles. The molecule has 0 spiro atoms. The summed E-state index contributed by atoms with van der Waals surface area (Å²) in [5.74, 6) is -1.40. The summed E-state index contributed by atoms with van der Waals surface area (Å²) >= 11 is -1.88. The van der Waals surface area contributed by atoms with Crippen LogP contribution in [0.5, 0.6) is 5.75 Å². The predicted octanol–water partition coefficient (Wildman–Crippen LogP) is 5.06. The number of nitrogens with one attached hydrogen (secondary N) is 2. The van der Waals surface area contributed by atoms with E-state index in [1.54, 1.807) is 6.20 Å². The number of ether oxygens (including phenoxy) is 1. The number of anilines is 2. The monoisotopic (exact) mass is 607 g/mol. The van der Waals surface area contributed by atoms with Gasteiger partial charge < -0.3 is 24.0 Å². The number of methoxy groups -OCH3 is 1. The van der Waals surface area contributed by atoms with Gasteiger partial charge in [0.05, 0.1) is 13.7 Å². The Morgan fingerprint density at radius 2 is 1.91 bits per heavy atom. The Kier molecular flexibility index (Phi) is 8.33. The van der Waals surface area contributed by atoms with Crippen LogP contribution in [-0.2, 0) is 16.3 Å². The highest BCUT2D eigenvalue weighted by atomic mass is 32.2. The number of ketones is 1. The second-order valence-corrected chi connectivity index (χ2v) is 12.0. The van der Waals surface area contributed by atoms with Gasteiger partial charge in [0.2, 0.25) is 5.78 Å². The van der Waals surface area contributed by atoms with Crippen LogP contribution in [0.15, 0.2) is 54.9 Å². The minimum absolute atomic E-state index is 0.0172. The summed E-state index contributed by atoms with van der Waals surface area (Å²) in [5.41, 5.74) is 2.95. The first-order chi connectivity index (χ1) is 20.9. The van der Waals surface area contributed by atoms with E-state index in [-0.39, 0.29) is 48.0 Å². The fraction of sp³-hybridized carbons (Fsp3) is 0.323. The van der Waals surface area contributed by atoms with Crippen molar-refractivity contribution >= 4 is 46.0 Å². The van der Waals surface area contributed by atoms with Crippen molar-refractivity contribution in [3.8, 4) is 16.9 Å². The Bertz CT molecular complexity index is 1640. The van der Waals surface area contributed by atoms with E-state index in [9.17, 15) is 18.5 Å². The highest BCUT2D eigenvalue weighted by Crippen LogP contribution is 2.34. The van der Waals surface area contributed by atoms with Crippen LogP contribution in [0.1, 0.15) is 35.2 Å². The molecule has 9 nitrogen and oxygen atoms in total. The molecule has 0 radical (unpaired) electrons. The molecule has 2 aromatic heterocycles. The van der Waals surface area contributed by atoms with Crippen molar-refractivity contribution in [2.75, 3.05) is 42.9 Å². The Morgan fingerprint density at radius 3 is 2.58 bits per heavy atom. The number of H-pyrrole nitrogens is 1. The maximum absolute atomic E-state index is 15.8. The molecule has 224 valence electrons. The molecule has 4 aromatic rings. The number of aromatic amines is 1. The van der Waals surface area contributed by atoms with Crippen LogP contribution in [0.3, 0.4) is 0 Å². The Balaban J connectivity index is 1.27. The summed E-state index contributed by atoms with van der Waals surface area (Å²) < 4.78 is 51.4. The molecular weight excluding hydrogens is 576 g/mol. The van der Waals surface area contributed by atoms with E-state index in [0.29, 0.717) is 11.0 Å². The number of hydrogen-bond acceptors (Lipinski definition) is 8. The highest BCUT2D eigenvalue weighted by Gasteiger charge is 2.33. The van der Waals surface area contributed by atoms with Gasteiger partial charge in [-0.2, -0.15) is 4.72 Å². The molecule has 0 amide bonds. The van der Waals surface area contributed by atoms with E-state index in [1.165, 1.54) is 29.7 Å². The number of carbonyl (C=O) groups excluding carboxylic acids is 2.